The van der Waals surface area contributed by atoms with Crippen LogP contribution in [-0.2, 0) is 9.59 Å². The zero-order valence-electron chi connectivity index (χ0n) is 10.6. The number of amides is 2. The quantitative estimate of drug-likeness (QED) is 0.653. The number of anilines is 2. The third-order valence-corrected chi connectivity index (χ3v) is 4.05. The molecule has 2 aromatic rings. The number of thioether (sulfide) groups is 1. The van der Waals surface area contributed by atoms with Gasteiger partial charge in [-0.2, -0.15) is 0 Å². The van der Waals surface area contributed by atoms with Crippen LogP contribution in [0.1, 0.15) is 6.92 Å². The van der Waals surface area contributed by atoms with Crippen LogP contribution in [0.2, 0.25) is 0 Å². The van der Waals surface area contributed by atoms with Gasteiger partial charge in [0.05, 0.1) is 5.75 Å². The summed E-state index contributed by atoms with van der Waals surface area (Å²) in [6.45, 7) is 1.40. The lowest BCUT2D eigenvalue weighted by Gasteiger charge is -2.02. The Balaban J connectivity index is 1.81. The van der Waals surface area contributed by atoms with E-state index in [1.165, 1.54) is 30.0 Å². The van der Waals surface area contributed by atoms with Gasteiger partial charge in [0.15, 0.2) is 4.34 Å². The first-order valence-corrected chi connectivity index (χ1v) is 7.52. The van der Waals surface area contributed by atoms with Crippen molar-refractivity contribution in [2.45, 2.75) is 11.3 Å². The summed E-state index contributed by atoms with van der Waals surface area (Å²) in [5.74, 6) is -0.0687. The number of carbonyl (C=O) groups excluding carboxylic acids is 2. The van der Waals surface area contributed by atoms with Crippen molar-refractivity contribution in [3.63, 3.8) is 0 Å². The predicted molar refractivity (Wildman–Crippen MR) is 80.0 cm³/mol. The Morgan fingerprint density at radius 2 is 1.95 bits per heavy atom. The normalized spacial score (nSPS) is 10.1. The summed E-state index contributed by atoms with van der Waals surface area (Å²) in [5, 5.41) is 13.4. The molecule has 0 aliphatic heterocycles. The second kappa shape index (κ2) is 7.01. The van der Waals surface area contributed by atoms with Crippen molar-refractivity contribution in [3.05, 3.63) is 30.3 Å². The molecule has 1 aromatic carbocycles. The standard InChI is InChI=1S/C12H12N4O2S2/c1-8(17)13-11-15-16-12(20-11)19-7-10(18)14-9-5-3-2-4-6-9/h2-6H,7H2,1H3,(H,14,18)(H,13,15,17). The maximum atomic E-state index is 11.7. The average molecular weight is 308 g/mol. The van der Waals surface area contributed by atoms with Crippen LogP contribution in [0.5, 0.6) is 0 Å². The van der Waals surface area contributed by atoms with Crippen molar-refractivity contribution in [1.29, 1.82) is 0 Å². The number of para-hydroxylation sites is 1. The van der Waals surface area contributed by atoms with Crippen molar-refractivity contribution in [3.8, 4) is 0 Å². The van der Waals surface area contributed by atoms with Crippen LogP contribution in [0.15, 0.2) is 34.7 Å². The predicted octanol–water partition coefficient (Wildman–Crippen LogP) is 2.23. The summed E-state index contributed by atoms with van der Waals surface area (Å²) in [4.78, 5) is 22.6. The molecule has 0 saturated heterocycles. The van der Waals surface area contributed by atoms with Crippen molar-refractivity contribution in [1.82, 2.24) is 10.2 Å². The van der Waals surface area contributed by atoms with Crippen LogP contribution in [0.4, 0.5) is 10.8 Å². The summed E-state index contributed by atoms with van der Waals surface area (Å²) in [6.07, 6.45) is 0. The topological polar surface area (TPSA) is 84.0 Å². The van der Waals surface area contributed by atoms with Crippen LogP contribution in [0.25, 0.3) is 0 Å². The number of benzene rings is 1. The summed E-state index contributed by atoms with van der Waals surface area (Å²) in [6, 6.07) is 9.24. The Labute approximate surface area is 124 Å². The molecule has 0 bridgehead atoms. The molecule has 0 fully saturated rings. The van der Waals surface area contributed by atoms with Gasteiger partial charge < -0.3 is 10.6 Å². The molecule has 0 radical (unpaired) electrons. The van der Waals surface area contributed by atoms with E-state index in [0.717, 1.165) is 5.69 Å². The molecule has 0 aliphatic carbocycles. The Bertz CT molecular complexity index is 601. The average Bonchev–Trinajstić information content (AvgIpc) is 2.84. The van der Waals surface area contributed by atoms with Crippen LogP contribution < -0.4 is 10.6 Å². The number of aromatic nitrogens is 2. The van der Waals surface area contributed by atoms with Gasteiger partial charge in [-0.15, -0.1) is 10.2 Å². The van der Waals surface area contributed by atoms with Crippen LogP contribution in [0.3, 0.4) is 0 Å². The zero-order chi connectivity index (χ0) is 14.4. The third-order valence-electron chi connectivity index (χ3n) is 2.07. The molecule has 1 aromatic heterocycles. The van der Waals surface area contributed by atoms with E-state index in [9.17, 15) is 9.59 Å². The molecule has 0 saturated carbocycles. The summed E-state index contributed by atoms with van der Waals surface area (Å²) < 4.78 is 0.636. The van der Waals surface area contributed by atoms with E-state index < -0.39 is 0 Å². The van der Waals surface area contributed by atoms with Gasteiger partial charge in [0, 0.05) is 12.6 Å². The lowest BCUT2D eigenvalue weighted by atomic mass is 10.3. The van der Waals surface area contributed by atoms with Crippen molar-refractivity contribution >= 4 is 45.7 Å². The van der Waals surface area contributed by atoms with Gasteiger partial charge in [-0.1, -0.05) is 41.3 Å². The number of carbonyl (C=O) groups is 2. The van der Waals surface area contributed by atoms with Crippen LogP contribution >= 0.6 is 23.1 Å². The minimum Gasteiger partial charge on any atom is -0.325 e. The van der Waals surface area contributed by atoms with E-state index in [2.05, 4.69) is 20.8 Å². The second-order valence-electron chi connectivity index (χ2n) is 3.76. The van der Waals surface area contributed by atoms with Gasteiger partial charge in [-0.05, 0) is 12.1 Å². The van der Waals surface area contributed by atoms with Gasteiger partial charge in [0.25, 0.3) is 0 Å². The molecule has 0 aliphatic rings. The molecule has 1 heterocycles. The maximum Gasteiger partial charge on any atom is 0.234 e. The van der Waals surface area contributed by atoms with Crippen LogP contribution in [0, 0.1) is 0 Å². The molecule has 8 heteroatoms. The Hall–Kier alpha value is -1.93. The number of nitrogens with zero attached hydrogens (tertiary/aromatic N) is 2. The molecule has 20 heavy (non-hydrogen) atoms. The molecular formula is C12H12N4O2S2. The van der Waals surface area contributed by atoms with Crippen LogP contribution in [-0.4, -0.2) is 27.8 Å². The van der Waals surface area contributed by atoms with Gasteiger partial charge in [0.2, 0.25) is 16.9 Å². The van der Waals surface area contributed by atoms with Crippen molar-refractivity contribution in [2.75, 3.05) is 16.4 Å². The first-order valence-electron chi connectivity index (χ1n) is 5.72. The molecular weight excluding hydrogens is 296 g/mol. The third kappa shape index (κ3) is 4.63. The second-order valence-corrected chi connectivity index (χ2v) is 5.96. The zero-order valence-corrected chi connectivity index (χ0v) is 12.3. The van der Waals surface area contributed by atoms with Gasteiger partial charge in [0.1, 0.15) is 0 Å². The monoisotopic (exact) mass is 308 g/mol. The highest BCUT2D eigenvalue weighted by Crippen LogP contribution is 2.25. The van der Waals surface area contributed by atoms with E-state index in [1.807, 2.05) is 30.3 Å². The Morgan fingerprint density at radius 1 is 1.20 bits per heavy atom. The lowest BCUT2D eigenvalue weighted by Crippen LogP contribution is -2.13. The molecule has 2 amide bonds. The lowest BCUT2D eigenvalue weighted by molar-refractivity contribution is -0.114. The molecule has 104 valence electrons. The first-order chi connectivity index (χ1) is 9.63. The Morgan fingerprint density at radius 3 is 2.65 bits per heavy atom. The number of hydrogen-bond acceptors (Lipinski definition) is 6. The summed E-state index contributed by atoms with van der Waals surface area (Å²) in [5.41, 5.74) is 0.759. The number of nitrogens with one attached hydrogen (secondary N) is 2. The van der Waals surface area contributed by atoms with Gasteiger partial charge >= 0.3 is 0 Å². The number of hydrogen-bond donors (Lipinski definition) is 2. The van der Waals surface area contributed by atoms with Crippen molar-refractivity contribution < 1.29 is 9.59 Å². The smallest absolute Gasteiger partial charge is 0.234 e. The molecule has 0 spiro atoms. The van der Waals surface area contributed by atoms with E-state index in [-0.39, 0.29) is 17.6 Å². The van der Waals surface area contributed by atoms with E-state index >= 15 is 0 Å². The minimum absolute atomic E-state index is 0.113. The maximum absolute atomic E-state index is 11.7. The fourth-order valence-corrected chi connectivity index (χ4v) is 2.91. The molecule has 6 nitrogen and oxygen atoms in total. The summed E-state index contributed by atoms with van der Waals surface area (Å²) >= 11 is 2.52. The molecule has 2 rings (SSSR count). The molecule has 2 N–H and O–H groups in total. The highest BCUT2D eigenvalue weighted by atomic mass is 32.2. The van der Waals surface area contributed by atoms with Gasteiger partial charge in [-0.25, -0.2) is 0 Å². The van der Waals surface area contributed by atoms with E-state index in [4.69, 9.17) is 0 Å². The molecule has 0 unspecified atom stereocenters. The highest BCUT2D eigenvalue weighted by molar-refractivity contribution is 8.01. The molecule has 0 atom stereocenters. The fraction of sp³-hybridized carbons (Fsp3) is 0.167. The Kier molecular flexibility index (Phi) is 5.08. The van der Waals surface area contributed by atoms with E-state index in [0.29, 0.717) is 9.47 Å². The number of rotatable bonds is 5. The van der Waals surface area contributed by atoms with Crippen molar-refractivity contribution in [2.24, 2.45) is 0 Å². The minimum atomic E-state index is -0.195. The van der Waals surface area contributed by atoms with E-state index in [1.54, 1.807) is 0 Å². The van der Waals surface area contributed by atoms with Gasteiger partial charge in [-0.3, -0.25) is 9.59 Å². The summed E-state index contributed by atoms with van der Waals surface area (Å²) in [7, 11) is 0. The highest BCUT2D eigenvalue weighted by Gasteiger charge is 2.09. The first kappa shape index (κ1) is 14.5. The fourth-order valence-electron chi connectivity index (χ4n) is 1.32. The largest absolute Gasteiger partial charge is 0.325 e. The SMILES string of the molecule is CC(=O)Nc1nnc(SCC(=O)Nc2ccccc2)s1.